The van der Waals surface area contributed by atoms with Crippen molar-refractivity contribution in [1.82, 2.24) is 4.90 Å². The highest BCUT2D eigenvalue weighted by Gasteiger charge is 2.52. The summed E-state index contributed by atoms with van der Waals surface area (Å²) in [6.45, 7) is 6.57. The van der Waals surface area contributed by atoms with Crippen LogP contribution in [0.4, 0.5) is 0 Å². The largest absolute Gasteiger partial charge is 0.508 e. The summed E-state index contributed by atoms with van der Waals surface area (Å²) in [4.78, 5) is 15.4. The van der Waals surface area contributed by atoms with Crippen LogP contribution in [0.3, 0.4) is 0 Å². The molecule has 3 nitrogen and oxygen atoms in total. The molecule has 3 heteroatoms. The van der Waals surface area contributed by atoms with Crippen molar-refractivity contribution in [3.63, 3.8) is 0 Å². The average Bonchev–Trinajstić information content (AvgIpc) is 3.25. The minimum Gasteiger partial charge on any atom is -0.508 e. The van der Waals surface area contributed by atoms with Crippen molar-refractivity contribution in [3.8, 4) is 5.75 Å². The van der Waals surface area contributed by atoms with Crippen LogP contribution in [0, 0.1) is 11.8 Å². The molecule has 2 unspecified atom stereocenters. The van der Waals surface area contributed by atoms with Gasteiger partial charge in [0.25, 0.3) is 0 Å². The molecule has 1 aromatic carbocycles. The molecular formula is C18H23NO2. The second-order valence-electron chi connectivity index (χ2n) is 7.43. The number of carbonyl (C=O) groups excluding carboxylic acids is 1. The molecule has 1 aliphatic heterocycles. The molecule has 0 radical (unpaired) electrons. The number of phenols is 1. The van der Waals surface area contributed by atoms with Crippen molar-refractivity contribution < 1.29 is 9.90 Å². The van der Waals surface area contributed by atoms with Gasteiger partial charge in [-0.25, -0.2) is 0 Å². The maximum absolute atomic E-state index is 13.0. The maximum Gasteiger partial charge on any atom is 0.180 e. The third-order valence-electron chi connectivity index (χ3n) is 6.13. The van der Waals surface area contributed by atoms with E-state index in [-0.39, 0.29) is 23.0 Å². The summed E-state index contributed by atoms with van der Waals surface area (Å²) < 4.78 is 0. The van der Waals surface area contributed by atoms with Gasteiger partial charge in [-0.1, -0.05) is 13.8 Å². The van der Waals surface area contributed by atoms with Crippen LogP contribution < -0.4 is 0 Å². The van der Waals surface area contributed by atoms with Crippen LogP contribution >= 0.6 is 0 Å². The predicted octanol–water partition coefficient (Wildman–Crippen LogP) is 2.97. The Kier molecular flexibility index (Phi) is 2.74. The minimum atomic E-state index is 0.00665. The Balaban J connectivity index is 1.79. The van der Waals surface area contributed by atoms with Gasteiger partial charge in [0.15, 0.2) is 5.78 Å². The molecule has 2 bridgehead atoms. The first-order valence-corrected chi connectivity index (χ1v) is 8.12. The molecule has 4 rings (SSSR count). The molecule has 2 fully saturated rings. The van der Waals surface area contributed by atoms with Crippen molar-refractivity contribution in [2.75, 3.05) is 13.1 Å². The molecule has 3 atom stereocenters. The topological polar surface area (TPSA) is 40.5 Å². The van der Waals surface area contributed by atoms with Crippen molar-refractivity contribution in [3.05, 3.63) is 29.3 Å². The molecule has 0 spiro atoms. The first-order valence-electron chi connectivity index (χ1n) is 8.12. The summed E-state index contributed by atoms with van der Waals surface area (Å²) in [5, 5.41) is 9.83. The number of phenolic OH excluding ortho intramolecular Hbond substituents is 1. The summed E-state index contributed by atoms with van der Waals surface area (Å²) in [5.41, 5.74) is 1.90. The Morgan fingerprint density at radius 3 is 2.86 bits per heavy atom. The number of aromatic hydroxyl groups is 1. The second kappa shape index (κ2) is 4.33. The molecule has 3 aliphatic rings. The number of ketones is 1. The van der Waals surface area contributed by atoms with E-state index in [2.05, 4.69) is 18.7 Å². The smallest absolute Gasteiger partial charge is 0.180 e. The third-order valence-corrected chi connectivity index (χ3v) is 6.13. The Hall–Kier alpha value is -1.35. The van der Waals surface area contributed by atoms with Gasteiger partial charge in [0, 0.05) is 12.1 Å². The SMILES string of the molecule is CC1C2C(=O)c3ccc(O)cc3[C@]1(C)CCN2CC1CC1. The molecule has 21 heavy (non-hydrogen) atoms. The lowest BCUT2D eigenvalue weighted by Gasteiger charge is -2.53. The summed E-state index contributed by atoms with van der Waals surface area (Å²) in [6, 6.07) is 5.32. The van der Waals surface area contributed by atoms with Crippen molar-refractivity contribution >= 4 is 5.78 Å². The van der Waals surface area contributed by atoms with E-state index in [1.807, 2.05) is 12.1 Å². The fraction of sp³-hybridized carbons (Fsp3) is 0.611. The van der Waals surface area contributed by atoms with Gasteiger partial charge in [-0.2, -0.15) is 0 Å². The van der Waals surface area contributed by atoms with Gasteiger partial charge in [-0.3, -0.25) is 9.69 Å². The zero-order valence-corrected chi connectivity index (χ0v) is 12.8. The zero-order chi connectivity index (χ0) is 14.8. The van der Waals surface area contributed by atoms with Crippen molar-refractivity contribution in [2.45, 2.75) is 44.6 Å². The monoisotopic (exact) mass is 285 g/mol. The molecule has 0 amide bonds. The number of likely N-dealkylation sites (tertiary alicyclic amines) is 1. The van der Waals surface area contributed by atoms with Gasteiger partial charge in [-0.15, -0.1) is 0 Å². The van der Waals surface area contributed by atoms with E-state index in [0.717, 1.165) is 36.6 Å². The van der Waals surface area contributed by atoms with Crippen LogP contribution in [0.5, 0.6) is 5.75 Å². The van der Waals surface area contributed by atoms with Gasteiger partial charge in [0.1, 0.15) is 5.75 Å². The maximum atomic E-state index is 13.0. The van der Waals surface area contributed by atoms with Crippen molar-refractivity contribution in [2.24, 2.45) is 11.8 Å². The third kappa shape index (κ3) is 1.87. The highest BCUT2D eigenvalue weighted by Crippen LogP contribution is 2.49. The highest BCUT2D eigenvalue weighted by atomic mass is 16.3. The number of piperidine rings is 1. The minimum absolute atomic E-state index is 0.00665. The summed E-state index contributed by atoms with van der Waals surface area (Å²) in [7, 11) is 0. The van der Waals surface area contributed by atoms with Gasteiger partial charge < -0.3 is 5.11 Å². The molecule has 1 aromatic rings. The number of carbonyl (C=O) groups is 1. The molecular weight excluding hydrogens is 262 g/mol. The quantitative estimate of drug-likeness (QED) is 0.908. The standard InChI is InChI=1S/C18H23NO2/c1-11-16-17(21)14-6-5-13(20)9-15(14)18(11,2)7-8-19(16)10-12-3-4-12/h5-6,9,11-12,16,20H,3-4,7-8,10H2,1-2H3/t11?,16?,18-/m1/s1. The summed E-state index contributed by atoms with van der Waals surface area (Å²) in [5.74, 6) is 1.66. The van der Waals surface area contributed by atoms with Crippen LogP contribution in [0.2, 0.25) is 0 Å². The number of hydrogen-bond acceptors (Lipinski definition) is 3. The molecule has 1 saturated carbocycles. The highest BCUT2D eigenvalue weighted by molar-refractivity contribution is 6.03. The van der Waals surface area contributed by atoms with E-state index in [0.29, 0.717) is 5.92 Å². The zero-order valence-electron chi connectivity index (χ0n) is 12.8. The van der Waals surface area contributed by atoms with E-state index in [4.69, 9.17) is 0 Å². The van der Waals surface area contributed by atoms with Crippen LogP contribution in [0.1, 0.15) is 49.0 Å². The number of fused-ring (bicyclic) bond motifs is 4. The second-order valence-corrected chi connectivity index (χ2v) is 7.43. The van der Waals surface area contributed by atoms with E-state index in [1.54, 1.807) is 6.07 Å². The summed E-state index contributed by atoms with van der Waals surface area (Å²) >= 11 is 0. The number of nitrogens with zero attached hydrogens (tertiary/aromatic N) is 1. The van der Waals surface area contributed by atoms with E-state index in [1.165, 1.54) is 12.8 Å². The van der Waals surface area contributed by atoms with Crippen molar-refractivity contribution in [1.29, 1.82) is 0 Å². The number of Topliss-reactive ketones (excluding diaryl/α,β-unsaturated/α-hetero) is 1. The van der Waals surface area contributed by atoms with E-state index in [9.17, 15) is 9.90 Å². The first-order chi connectivity index (χ1) is 10.0. The first kappa shape index (κ1) is 13.3. The van der Waals surface area contributed by atoms with E-state index >= 15 is 0 Å². The molecule has 1 saturated heterocycles. The lowest BCUT2D eigenvalue weighted by molar-refractivity contribution is 0.0265. The molecule has 1 N–H and O–H groups in total. The Bertz CT molecular complexity index is 607. The number of hydrogen-bond donors (Lipinski definition) is 1. The Morgan fingerprint density at radius 1 is 1.38 bits per heavy atom. The van der Waals surface area contributed by atoms with Gasteiger partial charge in [0.2, 0.25) is 0 Å². The predicted molar refractivity (Wildman–Crippen MR) is 81.7 cm³/mol. The number of rotatable bonds is 2. The van der Waals surface area contributed by atoms with Crippen LogP contribution in [0.15, 0.2) is 18.2 Å². The van der Waals surface area contributed by atoms with Gasteiger partial charge in [0.05, 0.1) is 6.04 Å². The summed E-state index contributed by atoms with van der Waals surface area (Å²) in [6.07, 6.45) is 3.72. The van der Waals surface area contributed by atoms with Crippen LogP contribution in [-0.2, 0) is 5.41 Å². The van der Waals surface area contributed by atoms with Gasteiger partial charge in [-0.05, 0) is 66.8 Å². The normalized spacial score (nSPS) is 35.6. The lowest BCUT2D eigenvalue weighted by atomic mass is 9.58. The molecule has 2 aliphatic carbocycles. The fourth-order valence-electron chi connectivity index (χ4n) is 4.40. The fourth-order valence-corrected chi connectivity index (χ4v) is 4.40. The van der Waals surface area contributed by atoms with Crippen LogP contribution in [0.25, 0.3) is 0 Å². The van der Waals surface area contributed by atoms with Gasteiger partial charge >= 0.3 is 0 Å². The molecule has 112 valence electrons. The Labute approximate surface area is 126 Å². The van der Waals surface area contributed by atoms with Crippen LogP contribution in [-0.4, -0.2) is 34.9 Å². The van der Waals surface area contributed by atoms with E-state index < -0.39 is 0 Å². The Morgan fingerprint density at radius 2 is 2.14 bits per heavy atom. The molecule has 1 heterocycles. The lowest BCUT2D eigenvalue weighted by Crippen LogP contribution is -2.61. The number of benzene rings is 1. The average molecular weight is 285 g/mol. The molecule has 0 aromatic heterocycles.